The van der Waals surface area contributed by atoms with Gasteiger partial charge in [0.2, 0.25) is 0 Å². The van der Waals surface area contributed by atoms with Gasteiger partial charge in [0.25, 0.3) is 5.69 Å². The third kappa shape index (κ3) is 3.03. The molecule has 0 spiro atoms. The van der Waals surface area contributed by atoms with Crippen LogP contribution >= 0.6 is 0 Å². The van der Waals surface area contributed by atoms with Crippen LogP contribution in [0.4, 0.5) is 5.69 Å². The average molecular weight is 332 g/mol. The van der Waals surface area contributed by atoms with Gasteiger partial charge in [-0.3, -0.25) is 19.9 Å². The number of nitro groups is 1. The normalized spacial score (nSPS) is 20.4. The predicted octanol–water partition coefficient (Wildman–Crippen LogP) is 2.30. The van der Waals surface area contributed by atoms with E-state index < -0.39 is 28.7 Å². The third-order valence-corrected chi connectivity index (χ3v) is 3.94. The summed E-state index contributed by atoms with van der Waals surface area (Å²) in [5, 5.41) is 20.6. The van der Waals surface area contributed by atoms with Gasteiger partial charge in [-0.2, -0.15) is 0 Å². The summed E-state index contributed by atoms with van der Waals surface area (Å²) < 4.78 is 4.76. The molecule has 0 radical (unpaired) electrons. The molecule has 8 nitrogen and oxygen atoms in total. The summed E-state index contributed by atoms with van der Waals surface area (Å²) in [5.74, 6) is -3.88. The highest BCUT2D eigenvalue weighted by molar-refractivity contribution is 6.06. The number of carboxylic acid groups (broad SMARTS) is 1. The van der Waals surface area contributed by atoms with Crippen molar-refractivity contribution in [1.29, 1.82) is 0 Å². The second-order valence-electron chi connectivity index (χ2n) is 5.39. The molecule has 1 N–H and O–H groups in total. The van der Waals surface area contributed by atoms with Gasteiger partial charge in [-0.25, -0.2) is 4.79 Å². The number of carbonyl (C=O) groups is 2. The lowest BCUT2D eigenvalue weighted by atomic mass is 9.75. The van der Waals surface area contributed by atoms with E-state index in [2.05, 4.69) is 4.99 Å². The molecule has 24 heavy (non-hydrogen) atoms. The number of rotatable bonds is 4. The van der Waals surface area contributed by atoms with Crippen molar-refractivity contribution >= 4 is 23.3 Å². The average Bonchev–Trinajstić information content (AvgIpc) is 2.53. The minimum atomic E-state index is -1.17. The van der Waals surface area contributed by atoms with Crippen LogP contribution in [-0.2, 0) is 14.3 Å². The highest BCUT2D eigenvalue weighted by Crippen LogP contribution is 2.40. The van der Waals surface area contributed by atoms with Crippen LogP contribution in [0, 0.1) is 16.0 Å². The molecule has 0 aliphatic carbocycles. The summed E-state index contributed by atoms with van der Waals surface area (Å²) in [5.41, 5.74) is 0.929. The number of nitro benzene ring substituents is 1. The van der Waals surface area contributed by atoms with Crippen molar-refractivity contribution in [2.24, 2.45) is 10.9 Å². The Morgan fingerprint density at radius 1 is 1.33 bits per heavy atom. The first-order chi connectivity index (χ1) is 11.3. The standard InChI is InChI=1S/C16H16N2O6/c1-8-12(15(19)20)14(13(9(2)17-8)16(21)24-3)10-5-4-6-11(7-10)18(22)23/h4-7,12,14H,1-3H3,(H,19,20)/t12?,14-/m0/s1. The fourth-order valence-electron chi connectivity index (χ4n) is 2.92. The van der Waals surface area contributed by atoms with E-state index in [-0.39, 0.29) is 11.3 Å². The smallest absolute Gasteiger partial charge is 0.336 e. The fraction of sp³-hybridized carbons (Fsp3) is 0.312. The molecule has 1 heterocycles. The highest BCUT2D eigenvalue weighted by Gasteiger charge is 2.41. The van der Waals surface area contributed by atoms with Crippen molar-refractivity contribution in [3.05, 3.63) is 51.2 Å². The van der Waals surface area contributed by atoms with Crippen molar-refractivity contribution in [3.8, 4) is 0 Å². The monoisotopic (exact) mass is 332 g/mol. The molecule has 2 atom stereocenters. The topological polar surface area (TPSA) is 119 Å². The number of esters is 1. The molecule has 0 bridgehead atoms. The van der Waals surface area contributed by atoms with Crippen LogP contribution < -0.4 is 0 Å². The van der Waals surface area contributed by atoms with Gasteiger partial charge >= 0.3 is 11.9 Å². The molecule has 2 rings (SSSR count). The Hall–Kier alpha value is -3.03. The molecule has 1 unspecified atom stereocenters. The van der Waals surface area contributed by atoms with Crippen LogP contribution in [0.2, 0.25) is 0 Å². The molecular weight excluding hydrogens is 316 g/mol. The van der Waals surface area contributed by atoms with E-state index in [4.69, 9.17) is 4.74 Å². The molecule has 1 aromatic rings. The minimum absolute atomic E-state index is 0.0935. The Balaban J connectivity index is 2.70. The molecule has 8 heteroatoms. The summed E-state index contributed by atoms with van der Waals surface area (Å²) in [4.78, 5) is 38.5. The lowest BCUT2D eigenvalue weighted by Gasteiger charge is -2.30. The van der Waals surface area contributed by atoms with E-state index in [1.165, 1.54) is 25.3 Å². The van der Waals surface area contributed by atoms with Gasteiger partial charge in [-0.15, -0.1) is 0 Å². The van der Waals surface area contributed by atoms with Crippen LogP contribution in [0.15, 0.2) is 40.5 Å². The van der Waals surface area contributed by atoms with Gasteiger partial charge in [0.1, 0.15) is 5.92 Å². The van der Waals surface area contributed by atoms with E-state index >= 15 is 0 Å². The first-order valence-corrected chi connectivity index (χ1v) is 7.09. The SMILES string of the molecule is COC(=O)C1=C(C)N=C(C)C(C(=O)O)[C@@H]1c1cccc([N+](=O)[O-])c1. The molecule has 1 aromatic carbocycles. The summed E-state index contributed by atoms with van der Waals surface area (Å²) in [7, 11) is 1.19. The van der Waals surface area contributed by atoms with E-state index in [9.17, 15) is 24.8 Å². The number of carbonyl (C=O) groups excluding carboxylic acids is 1. The van der Waals surface area contributed by atoms with E-state index in [1.807, 2.05) is 0 Å². The number of non-ortho nitro benzene ring substituents is 1. The van der Waals surface area contributed by atoms with Gasteiger partial charge in [-0.1, -0.05) is 12.1 Å². The van der Waals surface area contributed by atoms with E-state index in [1.54, 1.807) is 19.9 Å². The van der Waals surface area contributed by atoms with Gasteiger partial charge in [0, 0.05) is 29.5 Å². The highest BCUT2D eigenvalue weighted by atomic mass is 16.6. The van der Waals surface area contributed by atoms with Gasteiger partial charge in [0.05, 0.1) is 17.6 Å². The van der Waals surface area contributed by atoms with Crippen molar-refractivity contribution < 1.29 is 24.4 Å². The van der Waals surface area contributed by atoms with Gasteiger partial charge in [0.15, 0.2) is 0 Å². The van der Waals surface area contributed by atoms with Crippen LogP contribution in [0.1, 0.15) is 25.3 Å². The number of nitrogens with zero attached hydrogens (tertiary/aromatic N) is 2. The van der Waals surface area contributed by atoms with Gasteiger partial charge < -0.3 is 9.84 Å². The third-order valence-electron chi connectivity index (χ3n) is 3.94. The largest absolute Gasteiger partial charge is 0.481 e. The number of aliphatic carboxylic acids is 1. The Labute approximate surface area is 137 Å². The van der Waals surface area contributed by atoms with Crippen molar-refractivity contribution in [2.75, 3.05) is 7.11 Å². The number of benzene rings is 1. The van der Waals surface area contributed by atoms with Crippen LogP contribution in [0.5, 0.6) is 0 Å². The summed E-state index contributed by atoms with van der Waals surface area (Å²) in [6, 6.07) is 5.59. The molecule has 0 amide bonds. The maximum Gasteiger partial charge on any atom is 0.336 e. The minimum Gasteiger partial charge on any atom is -0.481 e. The number of hydrogen-bond donors (Lipinski definition) is 1. The molecule has 0 saturated heterocycles. The van der Waals surface area contributed by atoms with Crippen molar-refractivity contribution in [1.82, 2.24) is 0 Å². The first kappa shape index (κ1) is 17.3. The summed E-state index contributed by atoms with van der Waals surface area (Å²) in [6.07, 6.45) is 0. The number of ether oxygens (including phenoxy) is 1. The zero-order valence-electron chi connectivity index (χ0n) is 13.3. The van der Waals surface area contributed by atoms with Crippen LogP contribution in [-0.4, -0.2) is 34.8 Å². The second-order valence-corrected chi connectivity index (χ2v) is 5.39. The molecule has 126 valence electrons. The Bertz CT molecular complexity index is 781. The van der Waals surface area contributed by atoms with Crippen LogP contribution in [0.25, 0.3) is 0 Å². The van der Waals surface area contributed by atoms with Crippen molar-refractivity contribution in [3.63, 3.8) is 0 Å². The van der Waals surface area contributed by atoms with E-state index in [0.717, 1.165) is 0 Å². The Morgan fingerprint density at radius 2 is 2.00 bits per heavy atom. The Morgan fingerprint density at radius 3 is 2.54 bits per heavy atom. The lowest BCUT2D eigenvalue weighted by Crippen LogP contribution is -2.35. The number of methoxy groups -OCH3 is 1. The summed E-state index contributed by atoms with van der Waals surface area (Å²) >= 11 is 0. The zero-order chi connectivity index (χ0) is 18.0. The molecule has 0 aromatic heterocycles. The molecule has 0 fully saturated rings. The number of allylic oxidation sites excluding steroid dienone is 1. The number of hydrogen-bond acceptors (Lipinski definition) is 6. The van der Waals surface area contributed by atoms with Gasteiger partial charge in [-0.05, 0) is 19.4 Å². The van der Waals surface area contributed by atoms with Crippen molar-refractivity contribution in [2.45, 2.75) is 19.8 Å². The quantitative estimate of drug-likeness (QED) is 0.513. The summed E-state index contributed by atoms with van der Waals surface area (Å²) in [6.45, 7) is 3.14. The Kier molecular flexibility index (Phi) is 4.77. The molecular formula is C16H16N2O6. The maximum absolute atomic E-state index is 12.2. The molecule has 0 saturated carbocycles. The molecule has 1 aliphatic rings. The number of carboxylic acids is 1. The lowest BCUT2D eigenvalue weighted by molar-refractivity contribution is -0.384. The maximum atomic E-state index is 12.2. The van der Waals surface area contributed by atoms with E-state index in [0.29, 0.717) is 17.0 Å². The number of aliphatic imine (C=N–C) groups is 1. The molecule has 1 aliphatic heterocycles. The second kappa shape index (κ2) is 6.61. The predicted molar refractivity (Wildman–Crippen MR) is 84.8 cm³/mol. The first-order valence-electron chi connectivity index (χ1n) is 7.09. The fourth-order valence-corrected chi connectivity index (χ4v) is 2.92. The zero-order valence-corrected chi connectivity index (χ0v) is 13.3. The van der Waals surface area contributed by atoms with Crippen LogP contribution in [0.3, 0.4) is 0 Å².